The van der Waals surface area contributed by atoms with Crippen LogP contribution in [-0.2, 0) is 11.2 Å². The number of ether oxygens (including phenoxy) is 1. The maximum Gasteiger partial charge on any atom is 0.232 e. The van der Waals surface area contributed by atoms with Gasteiger partial charge in [0.15, 0.2) is 10.1 Å². The fourth-order valence-corrected chi connectivity index (χ4v) is 4.85. The number of thioether (sulfide) groups is 1. The number of hydrogen-bond donors (Lipinski definition) is 2. The number of carbonyl (C=O) groups excluding carboxylic acids is 1. The Morgan fingerprint density at radius 3 is 2.84 bits per heavy atom. The lowest BCUT2D eigenvalue weighted by atomic mass is 10.3. The molecule has 2 heterocycles. The van der Waals surface area contributed by atoms with Crippen LogP contribution in [0.5, 0.6) is 5.75 Å². The third kappa shape index (κ3) is 5.40. The van der Waals surface area contributed by atoms with Gasteiger partial charge in [-0.1, -0.05) is 35.5 Å². The van der Waals surface area contributed by atoms with Gasteiger partial charge in [-0.3, -0.25) is 4.79 Å². The zero-order valence-corrected chi connectivity index (χ0v) is 18.7. The molecule has 0 fully saturated rings. The monoisotopic (exact) mass is 472 g/mol. The Hall–Kier alpha value is -2.95. The predicted molar refractivity (Wildman–Crippen MR) is 125 cm³/mol. The first-order chi connectivity index (χ1) is 15.0. The van der Waals surface area contributed by atoms with E-state index in [4.69, 9.17) is 22.1 Å². The molecule has 158 valence electrons. The minimum absolute atomic E-state index is 0.0140. The summed E-state index contributed by atoms with van der Waals surface area (Å²) < 4.78 is 7.25. The number of Topliss-reactive ketones (excluding diaryl/α,β-unsaturated/α-hetero) is 1. The molecule has 0 amide bonds. The second kappa shape index (κ2) is 9.46. The van der Waals surface area contributed by atoms with Crippen molar-refractivity contribution in [3.05, 3.63) is 53.3 Å². The summed E-state index contributed by atoms with van der Waals surface area (Å²) in [7, 11) is 1.55. The Balaban J connectivity index is 1.43. The van der Waals surface area contributed by atoms with Gasteiger partial charge < -0.3 is 15.8 Å². The van der Waals surface area contributed by atoms with Gasteiger partial charge in [-0.25, -0.2) is 4.98 Å². The van der Waals surface area contributed by atoms with Crippen LogP contribution >= 0.6 is 34.7 Å². The maximum absolute atomic E-state index is 12.5. The van der Waals surface area contributed by atoms with Crippen molar-refractivity contribution < 1.29 is 9.53 Å². The Morgan fingerprint density at radius 1 is 1.19 bits per heavy atom. The second-order valence-corrected chi connectivity index (χ2v) is 9.04. The van der Waals surface area contributed by atoms with Gasteiger partial charge in [0.2, 0.25) is 11.9 Å². The number of thiazole rings is 1. The molecular formula is C20H17ClN6O2S2. The summed E-state index contributed by atoms with van der Waals surface area (Å²) in [6, 6.07) is 13.0. The predicted octanol–water partition coefficient (Wildman–Crippen LogP) is 4.37. The SMILES string of the molecule is COc1ccc(Cl)cc1Nc1nc(N)nc(CC(=O)CSc2nc3ccccc3s2)n1. The van der Waals surface area contributed by atoms with E-state index in [1.807, 2.05) is 24.3 Å². The highest BCUT2D eigenvalue weighted by Gasteiger charge is 2.13. The molecule has 0 aliphatic carbocycles. The summed E-state index contributed by atoms with van der Waals surface area (Å²) in [4.78, 5) is 29.5. The van der Waals surface area contributed by atoms with Crippen LogP contribution in [0, 0.1) is 0 Å². The molecule has 0 saturated carbocycles. The number of nitrogen functional groups attached to an aromatic ring is 1. The number of hydrogen-bond acceptors (Lipinski definition) is 10. The van der Waals surface area contributed by atoms with Crippen LogP contribution in [0.15, 0.2) is 46.8 Å². The molecule has 4 aromatic rings. The third-order valence-electron chi connectivity index (χ3n) is 4.09. The van der Waals surface area contributed by atoms with Crippen molar-refractivity contribution >= 4 is 68.3 Å². The van der Waals surface area contributed by atoms with Crippen molar-refractivity contribution in [2.24, 2.45) is 0 Å². The van der Waals surface area contributed by atoms with Gasteiger partial charge in [-0.15, -0.1) is 11.3 Å². The first-order valence-corrected chi connectivity index (χ1v) is 11.3. The molecule has 2 aromatic carbocycles. The van der Waals surface area contributed by atoms with Gasteiger partial charge in [0.05, 0.1) is 35.2 Å². The lowest BCUT2D eigenvalue weighted by Crippen LogP contribution is -2.13. The Kier molecular flexibility index (Phi) is 6.50. The van der Waals surface area contributed by atoms with E-state index in [0.717, 1.165) is 14.6 Å². The summed E-state index contributed by atoms with van der Waals surface area (Å²) >= 11 is 9.02. The fraction of sp³-hybridized carbons (Fsp3) is 0.150. The minimum Gasteiger partial charge on any atom is -0.495 e. The summed E-state index contributed by atoms with van der Waals surface area (Å²) in [6.07, 6.45) is 0.0337. The zero-order chi connectivity index (χ0) is 21.8. The Morgan fingerprint density at radius 2 is 2.03 bits per heavy atom. The summed E-state index contributed by atoms with van der Waals surface area (Å²) in [6.45, 7) is 0. The quantitative estimate of drug-likeness (QED) is 0.360. The van der Waals surface area contributed by atoms with E-state index in [1.165, 1.54) is 11.8 Å². The Bertz CT molecular complexity index is 1220. The van der Waals surface area contributed by atoms with Gasteiger partial charge >= 0.3 is 0 Å². The van der Waals surface area contributed by atoms with Crippen molar-refractivity contribution in [3.8, 4) is 5.75 Å². The molecule has 0 spiro atoms. The molecule has 2 aromatic heterocycles. The van der Waals surface area contributed by atoms with Crippen LogP contribution in [-0.4, -0.2) is 38.6 Å². The summed E-state index contributed by atoms with van der Waals surface area (Å²) in [5.41, 5.74) is 7.32. The number of anilines is 3. The summed E-state index contributed by atoms with van der Waals surface area (Å²) in [5, 5.41) is 3.54. The van der Waals surface area contributed by atoms with Gasteiger partial charge in [0, 0.05) is 5.02 Å². The minimum atomic E-state index is -0.0406. The van der Waals surface area contributed by atoms with Crippen molar-refractivity contribution in [2.45, 2.75) is 10.8 Å². The topological polar surface area (TPSA) is 116 Å². The first-order valence-electron chi connectivity index (χ1n) is 9.11. The summed E-state index contributed by atoms with van der Waals surface area (Å²) in [5.74, 6) is 1.28. The normalized spacial score (nSPS) is 10.9. The smallest absolute Gasteiger partial charge is 0.232 e. The molecule has 0 aliphatic heterocycles. The number of benzene rings is 2. The standard InChI is InChI=1S/C20H17ClN6O2S2/c1-29-15-7-6-11(21)8-14(15)23-19-26-17(25-18(22)27-19)9-12(28)10-30-20-24-13-4-2-3-5-16(13)31-20/h2-8H,9-10H2,1H3,(H3,22,23,25,26,27). The number of carbonyl (C=O) groups is 1. The molecule has 0 unspecified atom stereocenters. The lowest BCUT2D eigenvalue weighted by Gasteiger charge is -2.11. The Labute approximate surface area is 191 Å². The van der Waals surface area contributed by atoms with Gasteiger partial charge in [-0.2, -0.15) is 15.0 Å². The number of para-hydroxylation sites is 1. The van der Waals surface area contributed by atoms with Crippen LogP contribution in [0.1, 0.15) is 5.82 Å². The number of nitrogens with one attached hydrogen (secondary N) is 1. The number of nitrogens with two attached hydrogens (primary N) is 1. The molecule has 3 N–H and O–H groups in total. The number of halogens is 1. The van der Waals surface area contributed by atoms with Crippen molar-refractivity contribution in [1.82, 2.24) is 19.9 Å². The number of aromatic nitrogens is 4. The molecule has 0 atom stereocenters. The van der Waals surface area contributed by atoms with Gasteiger partial charge in [-0.05, 0) is 30.3 Å². The average molecular weight is 473 g/mol. The average Bonchev–Trinajstić information content (AvgIpc) is 3.15. The van der Waals surface area contributed by atoms with E-state index in [-0.39, 0.29) is 35.7 Å². The van der Waals surface area contributed by atoms with Crippen LogP contribution in [0.3, 0.4) is 0 Å². The van der Waals surface area contributed by atoms with E-state index in [0.29, 0.717) is 16.5 Å². The zero-order valence-electron chi connectivity index (χ0n) is 16.3. The van der Waals surface area contributed by atoms with Crippen LogP contribution in [0.4, 0.5) is 17.6 Å². The van der Waals surface area contributed by atoms with Gasteiger partial charge in [0.1, 0.15) is 11.6 Å². The molecular weight excluding hydrogens is 456 g/mol. The number of methoxy groups -OCH3 is 1. The number of ketones is 1. The molecule has 0 bridgehead atoms. The lowest BCUT2D eigenvalue weighted by molar-refractivity contribution is -0.116. The highest BCUT2D eigenvalue weighted by Crippen LogP contribution is 2.30. The van der Waals surface area contributed by atoms with E-state index in [2.05, 4.69) is 25.3 Å². The van der Waals surface area contributed by atoms with Crippen molar-refractivity contribution in [1.29, 1.82) is 0 Å². The molecule has 8 nitrogen and oxygen atoms in total. The fourth-order valence-electron chi connectivity index (χ4n) is 2.75. The third-order valence-corrected chi connectivity index (χ3v) is 6.57. The maximum atomic E-state index is 12.5. The van der Waals surface area contributed by atoms with E-state index in [1.54, 1.807) is 36.6 Å². The van der Waals surface area contributed by atoms with Crippen LogP contribution in [0.2, 0.25) is 5.02 Å². The number of fused-ring (bicyclic) bond motifs is 1. The molecule has 11 heteroatoms. The molecule has 4 rings (SSSR count). The van der Waals surface area contributed by atoms with Gasteiger partial charge in [0.25, 0.3) is 0 Å². The highest BCUT2D eigenvalue weighted by molar-refractivity contribution is 8.01. The number of rotatable bonds is 8. The highest BCUT2D eigenvalue weighted by atomic mass is 35.5. The number of nitrogens with zero attached hydrogens (tertiary/aromatic N) is 4. The van der Waals surface area contributed by atoms with Crippen LogP contribution < -0.4 is 15.8 Å². The van der Waals surface area contributed by atoms with E-state index in [9.17, 15) is 4.79 Å². The molecule has 31 heavy (non-hydrogen) atoms. The van der Waals surface area contributed by atoms with Crippen molar-refractivity contribution in [3.63, 3.8) is 0 Å². The second-order valence-electron chi connectivity index (χ2n) is 6.35. The molecule has 0 aliphatic rings. The largest absolute Gasteiger partial charge is 0.495 e. The molecule has 0 saturated heterocycles. The first kappa shape index (κ1) is 21.3. The van der Waals surface area contributed by atoms with Crippen molar-refractivity contribution in [2.75, 3.05) is 23.9 Å². The van der Waals surface area contributed by atoms with Crippen LogP contribution in [0.25, 0.3) is 10.2 Å². The van der Waals surface area contributed by atoms with E-state index < -0.39 is 0 Å². The molecule has 0 radical (unpaired) electrons. The van der Waals surface area contributed by atoms with E-state index >= 15 is 0 Å².